The van der Waals surface area contributed by atoms with Crippen LogP contribution in [0.15, 0.2) is 0 Å². The van der Waals surface area contributed by atoms with Crippen LogP contribution in [-0.4, -0.2) is 22.9 Å². The van der Waals surface area contributed by atoms with Crippen molar-refractivity contribution in [3.63, 3.8) is 0 Å². The Morgan fingerprint density at radius 1 is 1.18 bits per heavy atom. The average Bonchev–Trinajstić information content (AvgIpc) is 2.51. The molecule has 0 aliphatic carbocycles. The zero-order chi connectivity index (χ0) is 12.8. The number of nitrogens with one attached hydrogen (secondary N) is 1. The quantitative estimate of drug-likeness (QED) is 0.739. The van der Waals surface area contributed by atoms with Crippen molar-refractivity contribution in [2.75, 3.05) is 13.1 Å². The van der Waals surface area contributed by atoms with Crippen LogP contribution >= 0.6 is 0 Å². The molecule has 1 rings (SSSR count). The normalized spacial score (nSPS) is 11.4. The van der Waals surface area contributed by atoms with Gasteiger partial charge in [0, 0.05) is 12.2 Å². The second-order valence-electron chi connectivity index (χ2n) is 5.32. The van der Waals surface area contributed by atoms with E-state index < -0.39 is 0 Å². The maximum Gasteiger partial charge on any atom is 0.0625 e. The van der Waals surface area contributed by atoms with Gasteiger partial charge >= 0.3 is 0 Å². The van der Waals surface area contributed by atoms with Crippen molar-refractivity contribution in [3.8, 4) is 0 Å². The fourth-order valence-corrected chi connectivity index (χ4v) is 1.91. The zero-order valence-electron chi connectivity index (χ0n) is 12.0. The van der Waals surface area contributed by atoms with Crippen LogP contribution in [0.25, 0.3) is 0 Å². The minimum absolute atomic E-state index is 0.744. The van der Waals surface area contributed by atoms with Crippen molar-refractivity contribution in [1.82, 2.24) is 15.1 Å². The highest BCUT2D eigenvalue weighted by atomic mass is 15.3. The van der Waals surface area contributed by atoms with E-state index in [-0.39, 0.29) is 0 Å². The Labute approximate surface area is 106 Å². The Balaban J connectivity index is 2.20. The fraction of sp³-hybridized carbons (Fsp3) is 0.786. The molecule has 0 saturated heterocycles. The van der Waals surface area contributed by atoms with E-state index in [4.69, 9.17) is 0 Å². The van der Waals surface area contributed by atoms with Gasteiger partial charge in [-0.1, -0.05) is 13.8 Å². The number of hydrogen-bond acceptors (Lipinski definition) is 2. The minimum Gasteiger partial charge on any atom is -0.316 e. The highest BCUT2D eigenvalue weighted by Crippen LogP contribution is 2.11. The molecule has 0 amide bonds. The molecule has 0 saturated carbocycles. The maximum absolute atomic E-state index is 4.55. The molecule has 1 N–H and O–H groups in total. The third-order valence-corrected chi connectivity index (χ3v) is 3.27. The Morgan fingerprint density at radius 2 is 1.88 bits per heavy atom. The summed E-state index contributed by atoms with van der Waals surface area (Å²) in [5, 5.41) is 8.02. The zero-order valence-corrected chi connectivity index (χ0v) is 12.0. The topological polar surface area (TPSA) is 29.9 Å². The van der Waals surface area contributed by atoms with E-state index in [9.17, 15) is 0 Å². The summed E-state index contributed by atoms with van der Waals surface area (Å²) in [6, 6.07) is 0. The minimum atomic E-state index is 0.744. The van der Waals surface area contributed by atoms with E-state index in [1.54, 1.807) is 0 Å². The van der Waals surface area contributed by atoms with Gasteiger partial charge in [-0.15, -0.1) is 0 Å². The van der Waals surface area contributed by atoms with Gasteiger partial charge in [-0.3, -0.25) is 4.68 Å². The first-order valence-corrected chi connectivity index (χ1v) is 6.73. The number of nitrogens with zero attached hydrogens (tertiary/aromatic N) is 2. The highest BCUT2D eigenvalue weighted by Gasteiger charge is 2.05. The van der Waals surface area contributed by atoms with Gasteiger partial charge < -0.3 is 5.32 Å². The summed E-state index contributed by atoms with van der Waals surface area (Å²) < 4.78 is 2.15. The molecule has 0 aliphatic heterocycles. The average molecular weight is 237 g/mol. The second-order valence-corrected chi connectivity index (χ2v) is 5.32. The van der Waals surface area contributed by atoms with Crippen LogP contribution in [0.5, 0.6) is 0 Å². The number of aryl methyl sites for hydroxylation is 2. The summed E-state index contributed by atoms with van der Waals surface area (Å²) in [7, 11) is 0. The first-order chi connectivity index (χ1) is 8.02. The molecular formula is C14H27N3. The number of aromatic nitrogens is 2. The molecule has 1 heterocycles. The molecule has 1 aromatic heterocycles. The Kier molecular flexibility index (Phi) is 5.69. The van der Waals surface area contributed by atoms with Crippen LogP contribution in [0.4, 0.5) is 0 Å². The first kappa shape index (κ1) is 14.2. The van der Waals surface area contributed by atoms with Gasteiger partial charge in [0.05, 0.1) is 5.69 Å². The molecular weight excluding hydrogens is 210 g/mol. The van der Waals surface area contributed by atoms with Gasteiger partial charge in [-0.05, 0) is 58.2 Å². The third-order valence-electron chi connectivity index (χ3n) is 3.27. The molecule has 3 nitrogen and oxygen atoms in total. The summed E-state index contributed by atoms with van der Waals surface area (Å²) in [6.07, 6.45) is 2.43. The van der Waals surface area contributed by atoms with E-state index in [0.717, 1.165) is 25.6 Å². The molecule has 0 spiro atoms. The van der Waals surface area contributed by atoms with Crippen molar-refractivity contribution in [2.45, 2.75) is 54.0 Å². The van der Waals surface area contributed by atoms with E-state index in [1.165, 1.54) is 29.8 Å². The van der Waals surface area contributed by atoms with Gasteiger partial charge in [0.15, 0.2) is 0 Å². The summed E-state index contributed by atoms with van der Waals surface area (Å²) in [5.41, 5.74) is 3.82. The maximum atomic E-state index is 4.55. The second kappa shape index (κ2) is 6.80. The van der Waals surface area contributed by atoms with Crippen molar-refractivity contribution in [3.05, 3.63) is 17.0 Å². The number of unbranched alkanes of at least 4 members (excludes halogenated alkanes) is 1. The lowest BCUT2D eigenvalue weighted by Crippen LogP contribution is -2.21. The Morgan fingerprint density at radius 3 is 2.41 bits per heavy atom. The molecule has 0 bridgehead atoms. The lowest BCUT2D eigenvalue weighted by Gasteiger charge is -2.08. The van der Waals surface area contributed by atoms with E-state index in [2.05, 4.69) is 49.7 Å². The molecule has 0 unspecified atom stereocenters. The monoisotopic (exact) mass is 237 g/mol. The SMILES string of the molecule is Cc1nn(CCCCNCC(C)C)c(C)c1C. The van der Waals surface area contributed by atoms with E-state index in [0.29, 0.717) is 0 Å². The molecule has 0 fully saturated rings. The largest absolute Gasteiger partial charge is 0.316 e. The molecule has 0 aromatic carbocycles. The lowest BCUT2D eigenvalue weighted by atomic mass is 10.2. The summed E-state index contributed by atoms with van der Waals surface area (Å²) in [6.45, 7) is 14.2. The highest BCUT2D eigenvalue weighted by molar-refractivity contribution is 5.21. The van der Waals surface area contributed by atoms with Gasteiger partial charge in [0.25, 0.3) is 0 Å². The van der Waals surface area contributed by atoms with Gasteiger partial charge in [-0.2, -0.15) is 5.10 Å². The summed E-state index contributed by atoms with van der Waals surface area (Å²) in [5.74, 6) is 0.744. The molecule has 17 heavy (non-hydrogen) atoms. The smallest absolute Gasteiger partial charge is 0.0625 e. The first-order valence-electron chi connectivity index (χ1n) is 6.73. The van der Waals surface area contributed by atoms with Crippen LogP contribution in [0.2, 0.25) is 0 Å². The summed E-state index contributed by atoms with van der Waals surface area (Å²) in [4.78, 5) is 0. The van der Waals surface area contributed by atoms with Crippen LogP contribution < -0.4 is 5.32 Å². The Hall–Kier alpha value is -0.830. The molecule has 1 aromatic rings. The standard InChI is InChI=1S/C14H27N3/c1-11(2)10-15-8-6-7-9-17-14(5)12(3)13(4)16-17/h11,15H,6-10H2,1-5H3. The third kappa shape index (κ3) is 4.50. The van der Waals surface area contributed by atoms with E-state index >= 15 is 0 Å². The predicted molar refractivity (Wildman–Crippen MR) is 73.4 cm³/mol. The van der Waals surface area contributed by atoms with Crippen LogP contribution in [0, 0.1) is 26.7 Å². The van der Waals surface area contributed by atoms with Gasteiger partial charge in [0.2, 0.25) is 0 Å². The van der Waals surface area contributed by atoms with Crippen molar-refractivity contribution >= 4 is 0 Å². The van der Waals surface area contributed by atoms with Crippen molar-refractivity contribution in [1.29, 1.82) is 0 Å². The van der Waals surface area contributed by atoms with Crippen LogP contribution in [-0.2, 0) is 6.54 Å². The lowest BCUT2D eigenvalue weighted by molar-refractivity contribution is 0.500. The summed E-state index contributed by atoms with van der Waals surface area (Å²) >= 11 is 0. The fourth-order valence-electron chi connectivity index (χ4n) is 1.91. The number of rotatable bonds is 7. The molecule has 3 heteroatoms. The Bertz CT molecular complexity index is 339. The van der Waals surface area contributed by atoms with Crippen LogP contribution in [0.3, 0.4) is 0 Å². The molecule has 98 valence electrons. The van der Waals surface area contributed by atoms with E-state index in [1.807, 2.05) is 0 Å². The number of hydrogen-bond donors (Lipinski definition) is 1. The van der Waals surface area contributed by atoms with Gasteiger partial charge in [-0.25, -0.2) is 0 Å². The molecule has 0 radical (unpaired) electrons. The molecule has 0 aliphatic rings. The van der Waals surface area contributed by atoms with Crippen molar-refractivity contribution < 1.29 is 0 Å². The molecule has 0 atom stereocenters. The van der Waals surface area contributed by atoms with Gasteiger partial charge in [0.1, 0.15) is 0 Å². The van der Waals surface area contributed by atoms with Crippen LogP contribution in [0.1, 0.15) is 43.6 Å². The predicted octanol–water partition coefficient (Wildman–Crippen LogP) is 2.83. The van der Waals surface area contributed by atoms with Crippen molar-refractivity contribution in [2.24, 2.45) is 5.92 Å².